The lowest BCUT2D eigenvalue weighted by molar-refractivity contribution is -0.118. The average molecular weight is 431 g/mol. The Balaban J connectivity index is 1.42. The number of nitrogens with zero attached hydrogens (tertiary/aromatic N) is 2. The number of carbonyl (C=O) groups is 1. The highest BCUT2D eigenvalue weighted by Gasteiger charge is 2.43. The van der Waals surface area contributed by atoms with Crippen molar-refractivity contribution in [3.63, 3.8) is 0 Å². The van der Waals surface area contributed by atoms with E-state index in [1.807, 2.05) is 17.0 Å². The van der Waals surface area contributed by atoms with Crippen LogP contribution in [-0.2, 0) is 26.5 Å². The molecule has 1 spiro atoms. The van der Waals surface area contributed by atoms with Crippen molar-refractivity contribution in [2.75, 3.05) is 20.1 Å². The molecule has 2 atom stereocenters. The number of hydrogen-bond acceptors (Lipinski definition) is 4. The van der Waals surface area contributed by atoms with Crippen LogP contribution in [0, 0.1) is 0 Å². The van der Waals surface area contributed by atoms with Crippen molar-refractivity contribution in [2.24, 2.45) is 4.99 Å². The molecule has 2 aliphatic rings. The summed E-state index contributed by atoms with van der Waals surface area (Å²) in [6, 6.07) is 14.8. The number of piperidine rings is 1. The van der Waals surface area contributed by atoms with Gasteiger partial charge in [-0.05, 0) is 41.7 Å². The van der Waals surface area contributed by atoms with E-state index in [2.05, 4.69) is 17.1 Å². The minimum absolute atomic E-state index is 0.268. The van der Waals surface area contributed by atoms with Crippen molar-refractivity contribution in [1.29, 1.82) is 0 Å². The van der Waals surface area contributed by atoms with E-state index in [4.69, 9.17) is 21.1 Å². The van der Waals surface area contributed by atoms with Gasteiger partial charge >= 0.3 is 0 Å². The van der Waals surface area contributed by atoms with Crippen LogP contribution in [-0.4, -0.2) is 43.4 Å². The largest absolute Gasteiger partial charge is 0.451 e. The summed E-state index contributed by atoms with van der Waals surface area (Å²) >= 11 is 5.86. The summed E-state index contributed by atoms with van der Waals surface area (Å²) in [5.74, 6) is 0. The number of benzene rings is 2. The van der Waals surface area contributed by atoms with Gasteiger partial charge in [0.2, 0.25) is 0 Å². The van der Waals surface area contributed by atoms with Gasteiger partial charge in [0.15, 0.2) is 18.6 Å². The van der Waals surface area contributed by atoms with E-state index in [1.54, 1.807) is 31.3 Å². The topological polar surface area (TPSA) is 51.1 Å². The number of amidine groups is 1. The van der Waals surface area contributed by atoms with Crippen molar-refractivity contribution in [3.8, 4) is 0 Å². The maximum Gasteiger partial charge on any atom is 0.287 e. The van der Waals surface area contributed by atoms with Crippen molar-refractivity contribution in [1.82, 2.24) is 4.90 Å². The zero-order valence-corrected chi connectivity index (χ0v) is 17.5. The SMILES string of the molecule is CN=C(OC(C=O)C(F)c1ccc(Cl)cc1)N1CCC2(CC1)OCc1ccccc12. The highest BCUT2D eigenvalue weighted by Crippen LogP contribution is 2.44. The number of ether oxygens (including phenoxy) is 2. The van der Waals surface area contributed by atoms with E-state index in [0.29, 0.717) is 36.6 Å². The van der Waals surface area contributed by atoms with Gasteiger partial charge in [-0.25, -0.2) is 9.38 Å². The molecule has 1 saturated heterocycles. The summed E-state index contributed by atoms with van der Waals surface area (Å²) in [5, 5.41) is 0.503. The number of alkyl halides is 1. The Morgan fingerprint density at radius 3 is 2.60 bits per heavy atom. The van der Waals surface area contributed by atoms with Gasteiger partial charge in [-0.15, -0.1) is 0 Å². The maximum absolute atomic E-state index is 14.9. The lowest BCUT2D eigenvalue weighted by Crippen LogP contribution is -2.47. The third-order valence-electron chi connectivity index (χ3n) is 5.90. The molecule has 0 aromatic heterocycles. The van der Waals surface area contributed by atoms with Crippen LogP contribution in [0.1, 0.15) is 35.7 Å². The second-order valence-electron chi connectivity index (χ2n) is 7.61. The maximum atomic E-state index is 14.9. The summed E-state index contributed by atoms with van der Waals surface area (Å²) < 4.78 is 26.8. The van der Waals surface area contributed by atoms with E-state index in [-0.39, 0.29) is 11.6 Å². The number of carbonyl (C=O) groups excluding carboxylic acids is 1. The molecule has 1 fully saturated rings. The van der Waals surface area contributed by atoms with E-state index >= 15 is 0 Å². The molecule has 2 aliphatic heterocycles. The van der Waals surface area contributed by atoms with Gasteiger partial charge in [-0.1, -0.05) is 48.0 Å². The zero-order chi connectivity index (χ0) is 21.1. The van der Waals surface area contributed by atoms with Gasteiger partial charge in [-0.2, -0.15) is 0 Å². The van der Waals surface area contributed by atoms with Gasteiger partial charge < -0.3 is 14.4 Å². The first kappa shape index (κ1) is 20.8. The van der Waals surface area contributed by atoms with Gasteiger partial charge in [0.25, 0.3) is 6.02 Å². The number of hydrogen-bond donors (Lipinski definition) is 0. The number of aldehydes is 1. The van der Waals surface area contributed by atoms with Crippen molar-refractivity contribution < 1.29 is 18.7 Å². The second-order valence-corrected chi connectivity index (χ2v) is 8.04. The van der Waals surface area contributed by atoms with E-state index in [1.165, 1.54) is 11.1 Å². The minimum Gasteiger partial charge on any atom is -0.451 e. The number of likely N-dealkylation sites (tertiary alicyclic amines) is 1. The molecule has 158 valence electrons. The van der Waals surface area contributed by atoms with E-state index in [0.717, 1.165) is 12.8 Å². The van der Waals surface area contributed by atoms with Crippen LogP contribution >= 0.6 is 11.6 Å². The molecular weight excluding hydrogens is 407 g/mol. The molecule has 0 aliphatic carbocycles. The summed E-state index contributed by atoms with van der Waals surface area (Å²) in [7, 11) is 1.58. The predicted octanol–water partition coefficient (Wildman–Crippen LogP) is 4.44. The summed E-state index contributed by atoms with van der Waals surface area (Å²) in [5.41, 5.74) is 2.52. The number of rotatable bonds is 4. The molecule has 2 heterocycles. The molecule has 7 heteroatoms. The summed E-state index contributed by atoms with van der Waals surface area (Å²) in [6.07, 6.45) is -0.878. The lowest BCUT2D eigenvalue weighted by atomic mass is 9.84. The molecule has 0 saturated carbocycles. The predicted molar refractivity (Wildman–Crippen MR) is 113 cm³/mol. The van der Waals surface area contributed by atoms with Gasteiger partial charge in [-0.3, -0.25) is 4.79 Å². The Kier molecular flexibility index (Phi) is 6.06. The smallest absolute Gasteiger partial charge is 0.287 e. The average Bonchev–Trinajstić information content (AvgIpc) is 3.14. The fourth-order valence-electron chi connectivity index (χ4n) is 4.24. The third kappa shape index (κ3) is 3.94. The Hall–Kier alpha value is -2.44. The first-order chi connectivity index (χ1) is 14.6. The van der Waals surface area contributed by atoms with Crippen LogP contribution in [0.2, 0.25) is 5.02 Å². The first-order valence-electron chi connectivity index (χ1n) is 10.0. The minimum atomic E-state index is -1.61. The molecule has 2 aromatic rings. The van der Waals surface area contributed by atoms with E-state index < -0.39 is 12.3 Å². The summed E-state index contributed by atoms with van der Waals surface area (Å²) in [6.45, 7) is 1.91. The van der Waals surface area contributed by atoms with Crippen molar-refractivity contribution >= 4 is 23.9 Å². The Bertz CT molecular complexity index is 926. The summed E-state index contributed by atoms with van der Waals surface area (Å²) in [4.78, 5) is 17.7. The number of aliphatic imine (C=N–C) groups is 1. The molecule has 4 rings (SSSR count). The van der Waals surface area contributed by atoms with Crippen LogP contribution in [0.5, 0.6) is 0 Å². The van der Waals surface area contributed by atoms with Crippen molar-refractivity contribution in [3.05, 3.63) is 70.2 Å². The van der Waals surface area contributed by atoms with Crippen molar-refractivity contribution in [2.45, 2.75) is 37.3 Å². The Morgan fingerprint density at radius 2 is 1.93 bits per heavy atom. The molecule has 0 bridgehead atoms. The van der Waals surface area contributed by atoms with Gasteiger partial charge in [0, 0.05) is 25.2 Å². The normalized spacial score (nSPS) is 20.0. The standard InChI is InChI=1S/C23H24ClFN2O3/c1-26-22(30-20(14-28)21(25)16-6-8-18(24)9-7-16)27-12-10-23(11-13-27)19-5-3-2-4-17(19)15-29-23/h2-9,14,20-21H,10-13,15H2,1H3. The third-order valence-corrected chi connectivity index (χ3v) is 6.15. The van der Waals surface area contributed by atoms with Crippen LogP contribution in [0.15, 0.2) is 53.5 Å². The quantitative estimate of drug-likeness (QED) is 0.408. The monoisotopic (exact) mass is 430 g/mol. The molecule has 0 N–H and O–H groups in total. The molecule has 2 aromatic carbocycles. The van der Waals surface area contributed by atoms with Gasteiger partial charge in [0.1, 0.15) is 0 Å². The second kappa shape index (κ2) is 8.74. The van der Waals surface area contributed by atoms with Gasteiger partial charge in [0.05, 0.1) is 12.2 Å². The fraction of sp³-hybridized carbons (Fsp3) is 0.391. The Labute approximate surface area is 180 Å². The Morgan fingerprint density at radius 1 is 1.23 bits per heavy atom. The van der Waals surface area contributed by atoms with Crippen LogP contribution in [0.3, 0.4) is 0 Å². The highest BCUT2D eigenvalue weighted by atomic mass is 35.5. The molecule has 30 heavy (non-hydrogen) atoms. The first-order valence-corrected chi connectivity index (χ1v) is 10.4. The molecule has 2 unspecified atom stereocenters. The van der Waals surface area contributed by atoms with Crippen LogP contribution in [0.25, 0.3) is 0 Å². The molecule has 0 amide bonds. The molecular formula is C23H24ClFN2O3. The fourth-order valence-corrected chi connectivity index (χ4v) is 4.37. The zero-order valence-electron chi connectivity index (χ0n) is 16.8. The number of fused-ring (bicyclic) bond motifs is 2. The van der Waals surface area contributed by atoms with Crippen LogP contribution in [0.4, 0.5) is 4.39 Å². The van der Waals surface area contributed by atoms with Crippen LogP contribution < -0.4 is 0 Å². The molecule has 5 nitrogen and oxygen atoms in total. The lowest BCUT2D eigenvalue weighted by Gasteiger charge is -2.40. The van der Waals surface area contributed by atoms with E-state index in [9.17, 15) is 9.18 Å². The number of halogens is 2. The highest BCUT2D eigenvalue weighted by molar-refractivity contribution is 6.30. The molecule has 0 radical (unpaired) electrons.